The van der Waals surface area contributed by atoms with Crippen LogP contribution in [0.4, 0.5) is 0 Å². The molecule has 2 rings (SSSR count). The maximum Gasteiger partial charge on any atom is 0.213 e. The zero-order valence-corrected chi connectivity index (χ0v) is 11.6. The molecule has 1 aromatic heterocycles. The van der Waals surface area contributed by atoms with Crippen LogP contribution in [0.1, 0.15) is 51.6 Å². The number of hydrogen-bond acceptors (Lipinski definition) is 3. The Labute approximate surface area is 110 Å². The smallest absolute Gasteiger partial charge is 0.213 e. The quantitative estimate of drug-likeness (QED) is 0.892. The molecule has 1 saturated carbocycles. The zero-order chi connectivity index (χ0) is 13.1. The topological polar surface area (TPSA) is 48.1 Å². The average molecular weight is 248 g/mol. The van der Waals surface area contributed by atoms with Crippen LogP contribution in [0, 0.1) is 11.8 Å². The van der Waals surface area contributed by atoms with Gasteiger partial charge in [-0.15, -0.1) is 0 Å². The minimum absolute atomic E-state index is 0.0290. The van der Waals surface area contributed by atoms with Gasteiger partial charge in [0.15, 0.2) is 0 Å². The summed E-state index contributed by atoms with van der Waals surface area (Å²) in [6, 6.07) is 3.96. The minimum Gasteiger partial charge on any atom is -0.474 e. The maximum atomic E-state index is 5.98. The van der Waals surface area contributed by atoms with Gasteiger partial charge in [-0.3, -0.25) is 0 Å². The number of nitrogens with zero attached hydrogens (tertiary/aromatic N) is 1. The molecule has 0 bridgehead atoms. The lowest BCUT2D eigenvalue weighted by Crippen LogP contribution is -2.28. The summed E-state index contributed by atoms with van der Waals surface area (Å²) in [6.45, 7) is 6.57. The SMILES string of the molecule is CC1CC(C)CC(Oc2ccc(C(C)N)cn2)C1. The van der Waals surface area contributed by atoms with Crippen LogP contribution in [-0.2, 0) is 0 Å². The van der Waals surface area contributed by atoms with Crippen LogP contribution in [-0.4, -0.2) is 11.1 Å². The van der Waals surface area contributed by atoms with Gasteiger partial charge in [0.25, 0.3) is 0 Å². The van der Waals surface area contributed by atoms with Crippen LogP contribution in [0.3, 0.4) is 0 Å². The molecule has 3 nitrogen and oxygen atoms in total. The Hall–Kier alpha value is -1.09. The van der Waals surface area contributed by atoms with Crippen molar-refractivity contribution in [2.45, 2.75) is 52.2 Å². The normalized spacial score (nSPS) is 29.9. The predicted octanol–water partition coefficient (Wildman–Crippen LogP) is 3.30. The molecule has 0 saturated heterocycles. The van der Waals surface area contributed by atoms with Gasteiger partial charge in [0.2, 0.25) is 5.88 Å². The lowest BCUT2D eigenvalue weighted by atomic mass is 9.82. The number of nitrogens with two attached hydrogens (primary N) is 1. The highest BCUT2D eigenvalue weighted by atomic mass is 16.5. The zero-order valence-electron chi connectivity index (χ0n) is 11.6. The summed E-state index contributed by atoms with van der Waals surface area (Å²) in [5.41, 5.74) is 6.85. The minimum atomic E-state index is 0.0290. The van der Waals surface area contributed by atoms with E-state index in [0.717, 1.165) is 36.1 Å². The lowest BCUT2D eigenvalue weighted by molar-refractivity contribution is 0.0967. The fourth-order valence-corrected chi connectivity index (χ4v) is 2.87. The van der Waals surface area contributed by atoms with E-state index in [-0.39, 0.29) is 6.04 Å². The van der Waals surface area contributed by atoms with Gasteiger partial charge in [-0.2, -0.15) is 0 Å². The van der Waals surface area contributed by atoms with Crippen LogP contribution >= 0.6 is 0 Å². The largest absolute Gasteiger partial charge is 0.474 e. The van der Waals surface area contributed by atoms with E-state index in [1.807, 2.05) is 25.3 Å². The van der Waals surface area contributed by atoms with Gasteiger partial charge in [0, 0.05) is 18.3 Å². The Bertz CT molecular complexity index is 365. The molecule has 3 unspecified atom stereocenters. The van der Waals surface area contributed by atoms with E-state index in [1.54, 1.807) is 0 Å². The molecule has 18 heavy (non-hydrogen) atoms. The van der Waals surface area contributed by atoms with Crippen LogP contribution in [0.5, 0.6) is 5.88 Å². The second-order valence-electron chi connectivity index (χ2n) is 5.88. The van der Waals surface area contributed by atoms with Crippen molar-refractivity contribution in [2.24, 2.45) is 17.6 Å². The van der Waals surface area contributed by atoms with Gasteiger partial charge >= 0.3 is 0 Å². The van der Waals surface area contributed by atoms with Gasteiger partial charge in [-0.25, -0.2) is 4.98 Å². The molecule has 2 N–H and O–H groups in total. The maximum absolute atomic E-state index is 5.98. The molecular formula is C15H24N2O. The molecule has 0 spiro atoms. The summed E-state index contributed by atoms with van der Waals surface area (Å²) < 4.78 is 5.98. The summed E-state index contributed by atoms with van der Waals surface area (Å²) in [4.78, 5) is 4.34. The number of pyridine rings is 1. The third-order valence-electron chi connectivity index (χ3n) is 3.71. The van der Waals surface area contributed by atoms with Crippen molar-refractivity contribution in [3.8, 4) is 5.88 Å². The molecular weight excluding hydrogens is 224 g/mol. The van der Waals surface area contributed by atoms with Crippen molar-refractivity contribution in [1.29, 1.82) is 0 Å². The van der Waals surface area contributed by atoms with Gasteiger partial charge in [-0.1, -0.05) is 19.9 Å². The lowest BCUT2D eigenvalue weighted by Gasteiger charge is -2.31. The monoisotopic (exact) mass is 248 g/mol. The van der Waals surface area contributed by atoms with Crippen LogP contribution in [0.15, 0.2) is 18.3 Å². The molecule has 1 fully saturated rings. The van der Waals surface area contributed by atoms with E-state index >= 15 is 0 Å². The van der Waals surface area contributed by atoms with E-state index in [2.05, 4.69) is 18.8 Å². The fraction of sp³-hybridized carbons (Fsp3) is 0.667. The number of ether oxygens (including phenoxy) is 1. The number of hydrogen-bond donors (Lipinski definition) is 1. The van der Waals surface area contributed by atoms with Crippen molar-refractivity contribution in [3.63, 3.8) is 0 Å². The van der Waals surface area contributed by atoms with Crippen molar-refractivity contribution < 1.29 is 4.74 Å². The molecule has 1 aliphatic carbocycles. The summed E-state index contributed by atoms with van der Waals surface area (Å²) >= 11 is 0. The van der Waals surface area contributed by atoms with Gasteiger partial charge in [0.05, 0.1) is 0 Å². The molecule has 1 aliphatic rings. The molecule has 0 aliphatic heterocycles. The molecule has 100 valence electrons. The van der Waals surface area contributed by atoms with E-state index in [9.17, 15) is 0 Å². The Morgan fingerprint density at radius 2 is 1.89 bits per heavy atom. The van der Waals surface area contributed by atoms with E-state index in [0.29, 0.717) is 6.10 Å². The van der Waals surface area contributed by atoms with Crippen molar-refractivity contribution in [1.82, 2.24) is 4.98 Å². The first kappa shape index (κ1) is 13.3. The Morgan fingerprint density at radius 3 is 2.39 bits per heavy atom. The molecule has 0 aromatic carbocycles. The van der Waals surface area contributed by atoms with E-state index in [4.69, 9.17) is 10.5 Å². The summed E-state index contributed by atoms with van der Waals surface area (Å²) in [7, 11) is 0. The second-order valence-corrected chi connectivity index (χ2v) is 5.88. The number of aromatic nitrogens is 1. The van der Waals surface area contributed by atoms with E-state index in [1.165, 1.54) is 6.42 Å². The Kier molecular flexibility index (Phi) is 4.23. The van der Waals surface area contributed by atoms with Gasteiger partial charge in [-0.05, 0) is 43.6 Å². The first-order valence-corrected chi connectivity index (χ1v) is 6.92. The highest BCUT2D eigenvalue weighted by Crippen LogP contribution is 2.30. The summed E-state index contributed by atoms with van der Waals surface area (Å²) in [5, 5.41) is 0. The van der Waals surface area contributed by atoms with Gasteiger partial charge < -0.3 is 10.5 Å². The molecule has 1 aromatic rings. The standard InChI is InChI=1S/C15H24N2O/c1-10-6-11(2)8-14(7-10)18-15-5-4-13(9-17-15)12(3)16/h4-5,9-12,14H,6-8,16H2,1-3H3. The predicted molar refractivity (Wildman–Crippen MR) is 73.4 cm³/mol. The molecule has 1 heterocycles. The Morgan fingerprint density at radius 1 is 1.22 bits per heavy atom. The second kappa shape index (κ2) is 5.70. The molecule has 3 atom stereocenters. The van der Waals surface area contributed by atoms with Gasteiger partial charge in [0.1, 0.15) is 6.10 Å². The first-order valence-electron chi connectivity index (χ1n) is 6.92. The molecule has 0 amide bonds. The van der Waals surface area contributed by atoms with Crippen LogP contribution in [0.2, 0.25) is 0 Å². The van der Waals surface area contributed by atoms with Crippen molar-refractivity contribution in [2.75, 3.05) is 0 Å². The third-order valence-corrected chi connectivity index (χ3v) is 3.71. The average Bonchev–Trinajstić information content (AvgIpc) is 2.28. The summed E-state index contributed by atoms with van der Waals surface area (Å²) in [5.74, 6) is 2.23. The molecule has 0 radical (unpaired) electrons. The van der Waals surface area contributed by atoms with Crippen LogP contribution in [0.25, 0.3) is 0 Å². The van der Waals surface area contributed by atoms with Crippen molar-refractivity contribution in [3.05, 3.63) is 23.9 Å². The van der Waals surface area contributed by atoms with E-state index < -0.39 is 0 Å². The third kappa shape index (κ3) is 3.45. The van der Waals surface area contributed by atoms with Crippen LogP contribution < -0.4 is 10.5 Å². The summed E-state index contributed by atoms with van der Waals surface area (Å²) in [6.07, 6.45) is 5.73. The fourth-order valence-electron chi connectivity index (χ4n) is 2.87. The Balaban J connectivity index is 1.96. The highest BCUT2D eigenvalue weighted by Gasteiger charge is 2.25. The number of rotatable bonds is 3. The highest BCUT2D eigenvalue weighted by molar-refractivity contribution is 5.20. The molecule has 3 heteroatoms. The van der Waals surface area contributed by atoms with Crippen molar-refractivity contribution >= 4 is 0 Å². The first-order chi connectivity index (χ1) is 8.54.